The smallest absolute Gasteiger partial charge is 0.0703 e. The van der Waals surface area contributed by atoms with E-state index < -0.39 is 0 Å². The van der Waals surface area contributed by atoms with Crippen LogP contribution in [0.1, 0.15) is 19.3 Å². The van der Waals surface area contributed by atoms with Gasteiger partial charge in [-0.2, -0.15) is 5.26 Å². The summed E-state index contributed by atoms with van der Waals surface area (Å²) in [7, 11) is 4.12. The average Bonchev–Trinajstić information content (AvgIpc) is 2.01. The van der Waals surface area contributed by atoms with Crippen molar-refractivity contribution in [3.05, 3.63) is 0 Å². The molecule has 0 saturated heterocycles. The number of hydrogen-bond donors (Lipinski definition) is 1. The molecule has 0 radical (unpaired) electrons. The standard InChI is InChI=1S/C10H19N3/c1-13(2)7-6-12-9-10(8-11)4-3-5-10/h12H,3-7,9H2,1-2H3. The summed E-state index contributed by atoms with van der Waals surface area (Å²) in [6, 6.07) is 2.43. The fourth-order valence-corrected chi connectivity index (χ4v) is 1.56. The van der Waals surface area contributed by atoms with Crippen LogP contribution in [-0.4, -0.2) is 38.6 Å². The van der Waals surface area contributed by atoms with E-state index in [1.54, 1.807) is 0 Å². The largest absolute Gasteiger partial charge is 0.314 e. The molecule has 0 atom stereocenters. The molecule has 74 valence electrons. The zero-order valence-corrected chi connectivity index (χ0v) is 8.64. The number of nitrogens with zero attached hydrogens (tertiary/aromatic N) is 2. The van der Waals surface area contributed by atoms with Crippen molar-refractivity contribution in [1.82, 2.24) is 10.2 Å². The third kappa shape index (κ3) is 2.98. The molecule has 0 unspecified atom stereocenters. The Labute approximate surface area is 80.7 Å². The van der Waals surface area contributed by atoms with Crippen molar-refractivity contribution in [1.29, 1.82) is 5.26 Å². The summed E-state index contributed by atoms with van der Waals surface area (Å²) in [4.78, 5) is 2.15. The van der Waals surface area contributed by atoms with Crippen molar-refractivity contribution < 1.29 is 0 Å². The molecule has 1 rings (SSSR count). The van der Waals surface area contributed by atoms with Gasteiger partial charge in [0.1, 0.15) is 0 Å². The van der Waals surface area contributed by atoms with Crippen molar-refractivity contribution in [3.8, 4) is 6.07 Å². The Hall–Kier alpha value is -0.590. The maximum atomic E-state index is 8.94. The number of likely N-dealkylation sites (N-methyl/N-ethyl adjacent to an activating group) is 1. The predicted octanol–water partition coefficient (Wildman–Crippen LogP) is 0.831. The van der Waals surface area contributed by atoms with E-state index in [0.29, 0.717) is 0 Å². The van der Waals surface area contributed by atoms with E-state index in [-0.39, 0.29) is 5.41 Å². The van der Waals surface area contributed by atoms with Crippen molar-refractivity contribution in [3.63, 3.8) is 0 Å². The summed E-state index contributed by atoms with van der Waals surface area (Å²) in [5.74, 6) is 0. The van der Waals surface area contributed by atoms with E-state index >= 15 is 0 Å². The third-order valence-electron chi connectivity index (χ3n) is 2.75. The Balaban J connectivity index is 2.08. The molecule has 0 aliphatic heterocycles. The number of nitrogens with one attached hydrogen (secondary N) is 1. The lowest BCUT2D eigenvalue weighted by Crippen LogP contribution is -2.40. The first-order valence-electron chi connectivity index (χ1n) is 4.95. The van der Waals surface area contributed by atoms with Gasteiger partial charge in [0.15, 0.2) is 0 Å². The van der Waals surface area contributed by atoms with Crippen LogP contribution >= 0.6 is 0 Å². The number of nitriles is 1. The van der Waals surface area contributed by atoms with Crippen LogP contribution in [0.4, 0.5) is 0 Å². The lowest BCUT2D eigenvalue weighted by Gasteiger charge is -2.35. The molecule has 13 heavy (non-hydrogen) atoms. The SMILES string of the molecule is CN(C)CCNCC1(C#N)CCC1. The third-order valence-corrected chi connectivity index (χ3v) is 2.75. The first kappa shape index (κ1) is 10.5. The van der Waals surface area contributed by atoms with Crippen LogP contribution in [0.15, 0.2) is 0 Å². The molecule has 1 N–H and O–H groups in total. The highest BCUT2D eigenvalue weighted by Gasteiger charge is 2.36. The molecule has 0 aromatic heterocycles. The minimum Gasteiger partial charge on any atom is -0.314 e. The Morgan fingerprint density at radius 1 is 1.46 bits per heavy atom. The van der Waals surface area contributed by atoms with Gasteiger partial charge in [0.25, 0.3) is 0 Å². The highest BCUT2D eigenvalue weighted by Crippen LogP contribution is 2.39. The molecule has 0 bridgehead atoms. The van der Waals surface area contributed by atoms with E-state index in [9.17, 15) is 0 Å². The molecular weight excluding hydrogens is 162 g/mol. The number of rotatable bonds is 5. The fourth-order valence-electron chi connectivity index (χ4n) is 1.56. The first-order valence-corrected chi connectivity index (χ1v) is 4.95. The fraction of sp³-hybridized carbons (Fsp3) is 0.900. The minimum atomic E-state index is -0.0215. The van der Waals surface area contributed by atoms with Crippen LogP contribution < -0.4 is 5.32 Å². The molecule has 3 nitrogen and oxygen atoms in total. The Kier molecular flexibility index (Phi) is 3.71. The summed E-state index contributed by atoms with van der Waals surface area (Å²) in [5, 5.41) is 12.3. The second-order valence-electron chi connectivity index (χ2n) is 4.23. The normalized spacial score (nSPS) is 19.5. The van der Waals surface area contributed by atoms with E-state index in [2.05, 4.69) is 30.4 Å². The van der Waals surface area contributed by atoms with Crippen molar-refractivity contribution in [2.24, 2.45) is 5.41 Å². The monoisotopic (exact) mass is 181 g/mol. The highest BCUT2D eigenvalue weighted by molar-refractivity contribution is 5.05. The van der Waals surface area contributed by atoms with Gasteiger partial charge in [-0.05, 0) is 26.9 Å². The molecule has 0 aromatic rings. The second-order valence-corrected chi connectivity index (χ2v) is 4.23. The Morgan fingerprint density at radius 2 is 2.15 bits per heavy atom. The molecule has 0 amide bonds. The van der Waals surface area contributed by atoms with Gasteiger partial charge in [0.05, 0.1) is 11.5 Å². The average molecular weight is 181 g/mol. The van der Waals surface area contributed by atoms with Gasteiger partial charge in [-0.1, -0.05) is 6.42 Å². The van der Waals surface area contributed by atoms with E-state index in [1.165, 1.54) is 6.42 Å². The topological polar surface area (TPSA) is 39.1 Å². The molecule has 0 aromatic carbocycles. The summed E-state index contributed by atoms with van der Waals surface area (Å²) >= 11 is 0. The zero-order chi connectivity index (χ0) is 9.73. The molecular formula is C10H19N3. The minimum absolute atomic E-state index is 0.0215. The van der Waals surface area contributed by atoms with Gasteiger partial charge in [0.2, 0.25) is 0 Å². The molecule has 1 fully saturated rings. The van der Waals surface area contributed by atoms with Crippen molar-refractivity contribution >= 4 is 0 Å². The second kappa shape index (κ2) is 4.59. The van der Waals surface area contributed by atoms with Crippen molar-refractivity contribution in [2.45, 2.75) is 19.3 Å². The maximum absolute atomic E-state index is 8.94. The quantitative estimate of drug-likeness (QED) is 0.639. The maximum Gasteiger partial charge on any atom is 0.0703 e. The molecule has 0 heterocycles. The van der Waals surface area contributed by atoms with Crippen LogP contribution in [0.3, 0.4) is 0 Å². The Morgan fingerprint density at radius 3 is 2.54 bits per heavy atom. The van der Waals surface area contributed by atoms with Gasteiger partial charge < -0.3 is 10.2 Å². The van der Waals surface area contributed by atoms with Gasteiger partial charge in [0, 0.05) is 19.6 Å². The Bertz CT molecular complexity index is 189. The molecule has 1 aliphatic rings. The summed E-state index contributed by atoms with van der Waals surface area (Å²) in [6.07, 6.45) is 3.39. The van der Waals surface area contributed by atoms with Crippen LogP contribution in [0.25, 0.3) is 0 Å². The lowest BCUT2D eigenvalue weighted by atomic mass is 9.70. The van der Waals surface area contributed by atoms with E-state index in [0.717, 1.165) is 32.5 Å². The lowest BCUT2D eigenvalue weighted by molar-refractivity contribution is 0.205. The van der Waals surface area contributed by atoms with Crippen LogP contribution in [0, 0.1) is 16.7 Å². The molecule has 3 heteroatoms. The predicted molar refractivity (Wildman–Crippen MR) is 53.3 cm³/mol. The zero-order valence-electron chi connectivity index (χ0n) is 8.64. The summed E-state index contributed by atoms with van der Waals surface area (Å²) in [6.45, 7) is 2.90. The van der Waals surface area contributed by atoms with Gasteiger partial charge in [-0.15, -0.1) is 0 Å². The molecule has 1 aliphatic carbocycles. The van der Waals surface area contributed by atoms with Gasteiger partial charge >= 0.3 is 0 Å². The van der Waals surface area contributed by atoms with Crippen LogP contribution in [0.5, 0.6) is 0 Å². The van der Waals surface area contributed by atoms with Crippen LogP contribution in [-0.2, 0) is 0 Å². The molecule has 1 saturated carbocycles. The summed E-state index contributed by atoms with van der Waals surface area (Å²) in [5.41, 5.74) is -0.0215. The number of hydrogen-bond acceptors (Lipinski definition) is 3. The molecule has 0 spiro atoms. The first-order chi connectivity index (χ1) is 6.18. The van der Waals surface area contributed by atoms with Gasteiger partial charge in [-0.25, -0.2) is 0 Å². The van der Waals surface area contributed by atoms with Crippen molar-refractivity contribution in [2.75, 3.05) is 33.7 Å². The van der Waals surface area contributed by atoms with Gasteiger partial charge in [-0.3, -0.25) is 0 Å². The summed E-state index contributed by atoms with van der Waals surface area (Å²) < 4.78 is 0. The van der Waals surface area contributed by atoms with E-state index in [4.69, 9.17) is 5.26 Å². The van der Waals surface area contributed by atoms with Crippen LogP contribution in [0.2, 0.25) is 0 Å². The van der Waals surface area contributed by atoms with E-state index in [1.807, 2.05) is 0 Å². The highest BCUT2D eigenvalue weighted by atomic mass is 15.1.